The lowest BCUT2D eigenvalue weighted by Gasteiger charge is -2.07. The van der Waals surface area contributed by atoms with E-state index in [9.17, 15) is 8.42 Å². The SMILES string of the molecule is CS(=O)(=O)NCCCNc1nc(N)nc(-n2ccnc2)n1. The molecule has 0 amide bonds. The van der Waals surface area contributed by atoms with Crippen molar-refractivity contribution in [2.75, 3.05) is 30.4 Å². The van der Waals surface area contributed by atoms with Crippen LogP contribution in [0.15, 0.2) is 18.7 Å². The quantitative estimate of drug-likeness (QED) is 0.552. The van der Waals surface area contributed by atoms with E-state index in [1.165, 1.54) is 0 Å². The number of hydrogen-bond acceptors (Lipinski definition) is 8. The molecule has 0 unspecified atom stereocenters. The number of nitrogens with one attached hydrogen (secondary N) is 2. The molecule has 11 heteroatoms. The number of nitrogen functional groups attached to an aromatic ring is 1. The summed E-state index contributed by atoms with van der Waals surface area (Å²) in [4.78, 5) is 16.1. The lowest BCUT2D eigenvalue weighted by Crippen LogP contribution is -2.24. The number of aromatic nitrogens is 5. The van der Waals surface area contributed by atoms with E-state index in [4.69, 9.17) is 5.73 Å². The third-order valence-corrected chi connectivity index (χ3v) is 3.11. The third kappa shape index (κ3) is 4.96. The summed E-state index contributed by atoms with van der Waals surface area (Å²) in [7, 11) is -3.16. The lowest BCUT2D eigenvalue weighted by molar-refractivity contribution is 0.586. The minimum Gasteiger partial charge on any atom is -0.368 e. The molecule has 2 aromatic heterocycles. The van der Waals surface area contributed by atoms with E-state index >= 15 is 0 Å². The zero-order valence-electron chi connectivity index (χ0n) is 11.4. The van der Waals surface area contributed by atoms with Crippen molar-refractivity contribution < 1.29 is 8.42 Å². The molecule has 0 radical (unpaired) electrons. The molecule has 114 valence electrons. The Balaban J connectivity index is 1.92. The molecule has 0 spiro atoms. The van der Waals surface area contributed by atoms with Gasteiger partial charge in [-0.1, -0.05) is 0 Å². The fourth-order valence-corrected chi connectivity index (χ4v) is 2.01. The highest BCUT2D eigenvalue weighted by Gasteiger charge is 2.06. The molecular weight excluding hydrogens is 296 g/mol. The molecule has 0 bridgehead atoms. The van der Waals surface area contributed by atoms with Crippen molar-refractivity contribution in [2.45, 2.75) is 6.42 Å². The van der Waals surface area contributed by atoms with Crippen molar-refractivity contribution in [2.24, 2.45) is 0 Å². The number of nitrogens with two attached hydrogens (primary N) is 1. The van der Waals surface area contributed by atoms with Crippen LogP contribution in [0.4, 0.5) is 11.9 Å². The van der Waals surface area contributed by atoms with Gasteiger partial charge < -0.3 is 11.1 Å². The number of rotatable bonds is 7. The first-order chi connectivity index (χ1) is 9.94. The Labute approximate surface area is 121 Å². The average molecular weight is 312 g/mol. The number of hydrogen-bond donors (Lipinski definition) is 3. The van der Waals surface area contributed by atoms with Crippen molar-refractivity contribution in [1.29, 1.82) is 0 Å². The normalized spacial score (nSPS) is 11.5. The van der Waals surface area contributed by atoms with Crippen LogP contribution < -0.4 is 15.8 Å². The number of anilines is 2. The number of nitrogens with zero attached hydrogens (tertiary/aromatic N) is 5. The summed E-state index contributed by atoms with van der Waals surface area (Å²) in [5.41, 5.74) is 5.63. The molecular formula is C10H16N8O2S. The zero-order chi connectivity index (χ0) is 15.3. The molecule has 0 fully saturated rings. The highest BCUT2D eigenvalue weighted by atomic mass is 32.2. The van der Waals surface area contributed by atoms with Crippen LogP contribution in [0.25, 0.3) is 5.95 Å². The Kier molecular flexibility index (Phi) is 4.65. The zero-order valence-corrected chi connectivity index (χ0v) is 12.2. The van der Waals surface area contributed by atoms with E-state index in [1.807, 2.05) is 0 Å². The molecule has 0 aliphatic heterocycles. The van der Waals surface area contributed by atoms with Gasteiger partial charge in [0.2, 0.25) is 27.9 Å². The van der Waals surface area contributed by atoms with Gasteiger partial charge in [0, 0.05) is 25.5 Å². The maximum absolute atomic E-state index is 10.9. The van der Waals surface area contributed by atoms with Gasteiger partial charge in [0.15, 0.2) is 0 Å². The molecule has 0 aliphatic carbocycles. The van der Waals surface area contributed by atoms with E-state index in [1.54, 1.807) is 23.3 Å². The second-order valence-corrected chi connectivity index (χ2v) is 6.07. The maximum atomic E-state index is 10.9. The van der Waals surface area contributed by atoms with Crippen LogP contribution >= 0.6 is 0 Å². The van der Waals surface area contributed by atoms with Gasteiger partial charge in [-0.2, -0.15) is 15.0 Å². The Hall–Kier alpha value is -2.27. The second kappa shape index (κ2) is 6.45. The Morgan fingerprint density at radius 3 is 2.76 bits per heavy atom. The van der Waals surface area contributed by atoms with E-state index < -0.39 is 10.0 Å². The van der Waals surface area contributed by atoms with Gasteiger partial charge in [-0.15, -0.1) is 0 Å². The summed E-state index contributed by atoms with van der Waals surface area (Å²) >= 11 is 0. The van der Waals surface area contributed by atoms with Crippen LogP contribution in [0.1, 0.15) is 6.42 Å². The van der Waals surface area contributed by atoms with Gasteiger partial charge in [0.1, 0.15) is 6.33 Å². The van der Waals surface area contributed by atoms with Crippen LogP contribution in [0, 0.1) is 0 Å². The van der Waals surface area contributed by atoms with Crippen LogP contribution in [-0.2, 0) is 10.0 Å². The molecule has 2 heterocycles. The summed E-state index contributed by atoms with van der Waals surface area (Å²) in [6.07, 6.45) is 6.54. The van der Waals surface area contributed by atoms with Crippen LogP contribution in [-0.4, -0.2) is 52.3 Å². The van der Waals surface area contributed by atoms with Crippen LogP contribution in [0.3, 0.4) is 0 Å². The highest BCUT2D eigenvalue weighted by molar-refractivity contribution is 7.88. The van der Waals surface area contributed by atoms with Gasteiger partial charge in [-0.05, 0) is 6.42 Å². The van der Waals surface area contributed by atoms with E-state index in [2.05, 4.69) is 30.0 Å². The summed E-state index contributed by atoms with van der Waals surface area (Å²) in [6, 6.07) is 0. The molecule has 2 aromatic rings. The van der Waals surface area contributed by atoms with Crippen molar-refractivity contribution in [1.82, 2.24) is 29.2 Å². The second-order valence-electron chi connectivity index (χ2n) is 4.23. The average Bonchev–Trinajstić information content (AvgIpc) is 2.90. The van der Waals surface area contributed by atoms with Crippen LogP contribution in [0.2, 0.25) is 0 Å². The smallest absolute Gasteiger partial charge is 0.241 e. The van der Waals surface area contributed by atoms with Crippen molar-refractivity contribution in [3.05, 3.63) is 18.7 Å². The first kappa shape index (κ1) is 15.1. The maximum Gasteiger partial charge on any atom is 0.241 e. The standard InChI is InChI=1S/C10H16N8O2S/c1-21(19,20)14-4-2-3-13-9-15-8(11)16-10(17-9)18-6-5-12-7-18/h5-7,14H,2-4H2,1H3,(H3,11,13,15,16,17). The van der Waals surface area contributed by atoms with Gasteiger partial charge in [-0.25, -0.2) is 18.1 Å². The summed E-state index contributed by atoms with van der Waals surface area (Å²) in [6.45, 7) is 0.829. The Morgan fingerprint density at radius 2 is 2.10 bits per heavy atom. The van der Waals surface area contributed by atoms with Crippen molar-refractivity contribution >= 4 is 21.9 Å². The largest absolute Gasteiger partial charge is 0.368 e. The fraction of sp³-hybridized carbons (Fsp3) is 0.400. The van der Waals surface area contributed by atoms with Crippen LogP contribution in [0.5, 0.6) is 0 Å². The predicted octanol–water partition coefficient (Wildman–Crippen LogP) is -1.01. The summed E-state index contributed by atoms with van der Waals surface area (Å²) < 4.78 is 25.8. The lowest BCUT2D eigenvalue weighted by atomic mass is 10.4. The topological polar surface area (TPSA) is 141 Å². The summed E-state index contributed by atoms with van der Waals surface area (Å²) in [5, 5.41) is 2.96. The Morgan fingerprint density at radius 1 is 1.29 bits per heavy atom. The van der Waals surface area contributed by atoms with E-state index in [0.29, 0.717) is 31.4 Å². The summed E-state index contributed by atoms with van der Waals surface area (Å²) in [5.74, 6) is 0.771. The number of sulfonamides is 1. The van der Waals surface area contributed by atoms with Gasteiger partial charge in [-0.3, -0.25) is 4.57 Å². The molecule has 2 rings (SSSR count). The number of imidazole rings is 1. The Bertz CT molecular complexity index is 685. The minimum atomic E-state index is -3.16. The van der Waals surface area contributed by atoms with Gasteiger partial charge in [0.25, 0.3) is 0 Å². The molecule has 0 aromatic carbocycles. The molecule has 10 nitrogen and oxygen atoms in total. The molecule has 0 saturated carbocycles. The van der Waals surface area contributed by atoms with Gasteiger partial charge in [0.05, 0.1) is 6.26 Å². The highest BCUT2D eigenvalue weighted by Crippen LogP contribution is 2.06. The molecule has 0 saturated heterocycles. The van der Waals surface area contributed by atoms with E-state index in [-0.39, 0.29) is 5.95 Å². The third-order valence-electron chi connectivity index (χ3n) is 2.38. The first-order valence-electron chi connectivity index (χ1n) is 6.12. The molecule has 21 heavy (non-hydrogen) atoms. The van der Waals surface area contributed by atoms with Crippen molar-refractivity contribution in [3.8, 4) is 5.95 Å². The monoisotopic (exact) mass is 312 g/mol. The molecule has 0 atom stereocenters. The van der Waals surface area contributed by atoms with Gasteiger partial charge >= 0.3 is 0 Å². The first-order valence-corrected chi connectivity index (χ1v) is 8.01. The van der Waals surface area contributed by atoms with Crippen molar-refractivity contribution in [3.63, 3.8) is 0 Å². The minimum absolute atomic E-state index is 0.0884. The predicted molar refractivity (Wildman–Crippen MR) is 77.3 cm³/mol. The molecule has 0 aliphatic rings. The fourth-order valence-electron chi connectivity index (χ4n) is 1.50. The molecule has 4 N–H and O–H groups in total. The van der Waals surface area contributed by atoms with E-state index in [0.717, 1.165) is 6.26 Å².